The van der Waals surface area contributed by atoms with Gasteiger partial charge in [0.1, 0.15) is 21.8 Å². The highest BCUT2D eigenvalue weighted by Gasteiger charge is 2.11. The Morgan fingerprint density at radius 3 is 2.67 bits per heavy atom. The van der Waals surface area contributed by atoms with E-state index >= 15 is 0 Å². The molecule has 2 rings (SSSR count). The van der Waals surface area contributed by atoms with Gasteiger partial charge in [0.15, 0.2) is 0 Å². The Hall–Kier alpha value is -0.820. The fourth-order valence-electron chi connectivity index (χ4n) is 1.07. The van der Waals surface area contributed by atoms with E-state index in [1.54, 1.807) is 12.3 Å². The fraction of sp³-hybridized carbons (Fsp3) is 0.333. The van der Waals surface area contributed by atoms with Gasteiger partial charge >= 0.3 is 0 Å². The molecule has 15 heavy (non-hydrogen) atoms. The molecule has 2 N–H and O–H groups in total. The average molecular weight is 242 g/mol. The molecule has 0 aliphatic rings. The zero-order chi connectivity index (χ0) is 10.8. The standard InChI is InChI=1S/C9H10N2O2S2/c1-5(13)8-11-7(4-15-8)9-10-6(2-12)3-14-9/h3-5,12-13H,2H2,1H3. The topological polar surface area (TPSA) is 66.2 Å². The Bertz CT molecular complexity index is 450. The molecule has 0 spiro atoms. The third kappa shape index (κ3) is 2.23. The molecule has 1 unspecified atom stereocenters. The SMILES string of the molecule is CC(O)c1nc(-c2nc(CO)cs2)cs1. The predicted molar refractivity (Wildman–Crippen MR) is 59.8 cm³/mol. The maximum absolute atomic E-state index is 9.33. The van der Waals surface area contributed by atoms with E-state index in [0.29, 0.717) is 10.7 Å². The zero-order valence-corrected chi connectivity index (χ0v) is 9.68. The van der Waals surface area contributed by atoms with Gasteiger partial charge < -0.3 is 10.2 Å². The van der Waals surface area contributed by atoms with Gasteiger partial charge in [0.25, 0.3) is 0 Å². The zero-order valence-electron chi connectivity index (χ0n) is 8.04. The lowest BCUT2D eigenvalue weighted by Gasteiger charge is -1.95. The second kappa shape index (κ2) is 4.36. The van der Waals surface area contributed by atoms with E-state index in [-0.39, 0.29) is 6.61 Å². The van der Waals surface area contributed by atoms with Crippen LogP contribution in [0.1, 0.15) is 23.7 Å². The number of hydrogen-bond acceptors (Lipinski definition) is 6. The van der Waals surface area contributed by atoms with Crippen molar-refractivity contribution in [3.05, 3.63) is 21.5 Å². The van der Waals surface area contributed by atoms with E-state index in [0.717, 1.165) is 10.7 Å². The molecule has 0 saturated heterocycles. The normalized spacial score (nSPS) is 13.0. The minimum atomic E-state index is -0.541. The Kier molecular flexibility index (Phi) is 3.11. The lowest BCUT2D eigenvalue weighted by atomic mass is 10.4. The summed E-state index contributed by atoms with van der Waals surface area (Å²) in [7, 11) is 0. The molecule has 2 aromatic heterocycles. The van der Waals surface area contributed by atoms with Crippen LogP contribution in [0.25, 0.3) is 10.7 Å². The minimum absolute atomic E-state index is 0.0517. The highest BCUT2D eigenvalue weighted by atomic mass is 32.1. The van der Waals surface area contributed by atoms with Gasteiger partial charge in [0.2, 0.25) is 0 Å². The van der Waals surface area contributed by atoms with Gasteiger partial charge in [-0.25, -0.2) is 9.97 Å². The van der Waals surface area contributed by atoms with Crippen molar-refractivity contribution in [1.82, 2.24) is 9.97 Å². The van der Waals surface area contributed by atoms with Gasteiger partial charge in [-0.15, -0.1) is 22.7 Å². The summed E-state index contributed by atoms with van der Waals surface area (Å²) in [5, 5.41) is 23.3. The largest absolute Gasteiger partial charge is 0.390 e. The number of nitrogens with zero attached hydrogens (tertiary/aromatic N) is 2. The summed E-state index contributed by atoms with van der Waals surface area (Å²) in [6.45, 7) is 1.63. The number of aromatic nitrogens is 2. The Morgan fingerprint density at radius 2 is 2.13 bits per heavy atom. The van der Waals surface area contributed by atoms with E-state index in [1.165, 1.54) is 22.7 Å². The van der Waals surface area contributed by atoms with Crippen LogP contribution in [-0.2, 0) is 6.61 Å². The first-order valence-corrected chi connectivity index (χ1v) is 6.15. The van der Waals surface area contributed by atoms with Crippen molar-refractivity contribution in [2.75, 3.05) is 0 Å². The van der Waals surface area contributed by atoms with E-state index in [4.69, 9.17) is 5.11 Å². The number of thiazole rings is 2. The third-order valence-corrected chi connectivity index (χ3v) is 3.74. The van der Waals surface area contributed by atoms with Crippen molar-refractivity contribution < 1.29 is 10.2 Å². The molecule has 0 aliphatic carbocycles. The van der Waals surface area contributed by atoms with Gasteiger partial charge in [-0.1, -0.05) is 0 Å². The Labute approximate surface area is 94.9 Å². The van der Waals surface area contributed by atoms with Crippen LogP contribution >= 0.6 is 22.7 Å². The Balaban J connectivity index is 2.28. The van der Waals surface area contributed by atoms with Crippen molar-refractivity contribution in [3.8, 4) is 10.7 Å². The summed E-state index contributed by atoms with van der Waals surface area (Å²) >= 11 is 2.86. The molecule has 0 amide bonds. The molecule has 0 fully saturated rings. The van der Waals surface area contributed by atoms with Crippen LogP contribution in [0.3, 0.4) is 0 Å². The molecule has 6 heteroatoms. The number of aliphatic hydroxyl groups excluding tert-OH is 2. The molecule has 0 aliphatic heterocycles. The van der Waals surface area contributed by atoms with Gasteiger partial charge in [-0.05, 0) is 6.92 Å². The molecule has 2 aromatic rings. The smallest absolute Gasteiger partial charge is 0.143 e. The summed E-state index contributed by atoms with van der Waals surface area (Å²) in [5.74, 6) is 0. The summed E-state index contributed by atoms with van der Waals surface area (Å²) in [6.07, 6.45) is -0.541. The van der Waals surface area contributed by atoms with Crippen LogP contribution in [0, 0.1) is 0 Å². The molecule has 0 aromatic carbocycles. The van der Waals surface area contributed by atoms with Crippen molar-refractivity contribution in [1.29, 1.82) is 0 Å². The average Bonchev–Trinajstić information content (AvgIpc) is 2.86. The monoisotopic (exact) mass is 242 g/mol. The fourth-order valence-corrected chi connectivity index (χ4v) is 2.66. The molecule has 0 bridgehead atoms. The minimum Gasteiger partial charge on any atom is -0.390 e. The first-order valence-electron chi connectivity index (χ1n) is 4.40. The van der Waals surface area contributed by atoms with Crippen LogP contribution in [0.2, 0.25) is 0 Å². The van der Waals surface area contributed by atoms with Crippen molar-refractivity contribution in [2.45, 2.75) is 19.6 Å². The second-order valence-electron chi connectivity index (χ2n) is 3.05. The van der Waals surface area contributed by atoms with Crippen LogP contribution in [0.15, 0.2) is 10.8 Å². The van der Waals surface area contributed by atoms with Crippen molar-refractivity contribution in [3.63, 3.8) is 0 Å². The van der Waals surface area contributed by atoms with E-state index in [9.17, 15) is 5.11 Å². The lowest BCUT2D eigenvalue weighted by molar-refractivity contribution is 0.199. The highest BCUT2D eigenvalue weighted by Crippen LogP contribution is 2.27. The van der Waals surface area contributed by atoms with Gasteiger partial charge in [0.05, 0.1) is 12.3 Å². The maximum Gasteiger partial charge on any atom is 0.143 e. The summed E-state index contributed by atoms with van der Waals surface area (Å²) in [5.41, 5.74) is 1.42. The van der Waals surface area contributed by atoms with Gasteiger partial charge in [-0.3, -0.25) is 0 Å². The maximum atomic E-state index is 9.33. The molecule has 4 nitrogen and oxygen atoms in total. The quantitative estimate of drug-likeness (QED) is 0.861. The molecule has 80 valence electrons. The molecule has 0 saturated carbocycles. The second-order valence-corrected chi connectivity index (χ2v) is 4.80. The predicted octanol–water partition coefficient (Wildman–Crippen LogP) is 1.81. The Morgan fingerprint density at radius 1 is 1.33 bits per heavy atom. The molecular weight excluding hydrogens is 232 g/mol. The third-order valence-electron chi connectivity index (χ3n) is 1.81. The van der Waals surface area contributed by atoms with Gasteiger partial charge in [-0.2, -0.15) is 0 Å². The summed E-state index contributed by atoms with van der Waals surface area (Å²) in [6, 6.07) is 0. The van der Waals surface area contributed by atoms with Crippen LogP contribution in [0.4, 0.5) is 0 Å². The summed E-state index contributed by atoms with van der Waals surface area (Å²) in [4.78, 5) is 8.47. The van der Waals surface area contributed by atoms with Crippen LogP contribution in [-0.4, -0.2) is 20.2 Å². The first-order chi connectivity index (χ1) is 7.20. The van der Waals surface area contributed by atoms with Crippen LogP contribution < -0.4 is 0 Å². The first kappa shape index (κ1) is 10.7. The summed E-state index contributed by atoms with van der Waals surface area (Å²) < 4.78 is 0. The van der Waals surface area contributed by atoms with Crippen molar-refractivity contribution >= 4 is 22.7 Å². The number of aliphatic hydroxyl groups is 2. The molecule has 1 atom stereocenters. The molecule has 0 radical (unpaired) electrons. The van der Waals surface area contributed by atoms with Crippen molar-refractivity contribution in [2.24, 2.45) is 0 Å². The van der Waals surface area contributed by atoms with E-state index in [1.807, 2.05) is 5.38 Å². The van der Waals surface area contributed by atoms with E-state index in [2.05, 4.69) is 9.97 Å². The number of rotatable bonds is 3. The molecular formula is C9H10N2O2S2. The lowest BCUT2D eigenvalue weighted by Crippen LogP contribution is -1.89. The van der Waals surface area contributed by atoms with Gasteiger partial charge in [0, 0.05) is 10.8 Å². The van der Waals surface area contributed by atoms with Crippen LogP contribution in [0.5, 0.6) is 0 Å². The highest BCUT2D eigenvalue weighted by molar-refractivity contribution is 7.14. The van der Waals surface area contributed by atoms with E-state index < -0.39 is 6.10 Å². The molecule has 2 heterocycles. The number of hydrogen-bond donors (Lipinski definition) is 2.